The molecule has 0 aliphatic rings. The molecule has 0 aliphatic carbocycles. The highest BCUT2D eigenvalue weighted by atomic mass is 35.5. The first kappa shape index (κ1) is 14.1. The molecular formula is C10H5ClF3NO3. The van der Waals surface area contributed by atoms with Gasteiger partial charge in [0, 0.05) is 5.56 Å². The third-order valence-electron chi connectivity index (χ3n) is 1.97. The highest BCUT2D eigenvalue weighted by Gasteiger charge is 2.33. The molecule has 0 amide bonds. The van der Waals surface area contributed by atoms with Gasteiger partial charge in [-0.05, 0) is 12.1 Å². The van der Waals surface area contributed by atoms with Crippen LogP contribution in [0.25, 0.3) is 0 Å². The molecule has 8 heteroatoms. The Morgan fingerprint density at radius 1 is 1.50 bits per heavy atom. The second kappa shape index (κ2) is 5.14. The number of ether oxygens (including phenoxy) is 1. The van der Waals surface area contributed by atoms with Crippen molar-refractivity contribution in [2.24, 2.45) is 0 Å². The van der Waals surface area contributed by atoms with Gasteiger partial charge in [0.2, 0.25) is 0 Å². The molecule has 0 atom stereocenters. The maximum absolute atomic E-state index is 12.1. The standard InChI is InChI=1S/C10H5ClF3NO3/c11-3-6-7(4-15)5(9(16)17)1-2-8(6)18-10(12,13)14/h1-2H,3H2,(H,16,17). The van der Waals surface area contributed by atoms with Crippen LogP contribution in [0, 0.1) is 11.3 Å². The lowest BCUT2D eigenvalue weighted by molar-refractivity contribution is -0.274. The monoisotopic (exact) mass is 279 g/mol. The molecule has 0 aliphatic heterocycles. The second-order valence-electron chi connectivity index (χ2n) is 3.06. The molecule has 0 aromatic heterocycles. The molecule has 96 valence electrons. The van der Waals surface area contributed by atoms with Crippen LogP contribution in [0.2, 0.25) is 0 Å². The molecule has 0 heterocycles. The van der Waals surface area contributed by atoms with Gasteiger partial charge >= 0.3 is 12.3 Å². The van der Waals surface area contributed by atoms with Gasteiger partial charge in [-0.1, -0.05) is 0 Å². The highest BCUT2D eigenvalue weighted by Crippen LogP contribution is 2.31. The van der Waals surface area contributed by atoms with Gasteiger partial charge in [0.25, 0.3) is 0 Å². The van der Waals surface area contributed by atoms with Crippen LogP contribution in [0.3, 0.4) is 0 Å². The molecule has 1 aromatic rings. The number of carboxylic acids is 1. The van der Waals surface area contributed by atoms with E-state index in [1.165, 1.54) is 6.07 Å². The van der Waals surface area contributed by atoms with E-state index in [2.05, 4.69) is 4.74 Å². The topological polar surface area (TPSA) is 70.3 Å². The lowest BCUT2D eigenvalue weighted by atomic mass is 10.0. The summed E-state index contributed by atoms with van der Waals surface area (Å²) < 4.78 is 39.9. The Kier molecular flexibility index (Phi) is 4.03. The van der Waals surface area contributed by atoms with E-state index < -0.39 is 35.1 Å². The fourth-order valence-electron chi connectivity index (χ4n) is 1.29. The molecule has 0 fully saturated rings. The Hall–Kier alpha value is -1.94. The van der Waals surface area contributed by atoms with Gasteiger partial charge in [-0.2, -0.15) is 5.26 Å². The summed E-state index contributed by atoms with van der Waals surface area (Å²) in [6, 6.07) is 3.18. The molecule has 18 heavy (non-hydrogen) atoms. The molecule has 1 aromatic carbocycles. The minimum absolute atomic E-state index is 0.309. The Balaban J connectivity index is 3.41. The first-order valence-corrected chi connectivity index (χ1v) is 4.94. The number of carboxylic acid groups (broad SMARTS) is 1. The van der Waals surface area contributed by atoms with Crippen LogP contribution in [0.5, 0.6) is 5.75 Å². The van der Waals surface area contributed by atoms with Crippen molar-refractivity contribution in [1.29, 1.82) is 5.26 Å². The summed E-state index contributed by atoms with van der Waals surface area (Å²) >= 11 is 5.43. The molecule has 4 nitrogen and oxygen atoms in total. The Morgan fingerprint density at radius 3 is 2.50 bits per heavy atom. The predicted molar refractivity (Wildman–Crippen MR) is 54.4 cm³/mol. The van der Waals surface area contributed by atoms with Crippen molar-refractivity contribution >= 4 is 17.6 Å². The molecule has 1 rings (SSSR count). The number of hydrogen-bond donors (Lipinski definition) is 1. The van der Waals surface area contributed by atoms with E-state index in [0.717, 1.165) is 12.1 Å². The van der Waals surface area contributed by atoms with Crippen molar-refractivity contribution in [3.8, 4) is 11.8 Å². The van der Waals surface area contributed by atoms with E-state index in [1.54, 1.807) is 0 Å². The second-order valence-corrected chi connectivity index (χ2v) is 3.33. The number of hydrogen-bond acceptors (Lipinski definition) is 3. The van der Waals surface area contributed by atoms with Crippen LogP contribution in [0.1, 0.15) is 21.5 Å². The smallest absolute Gasteiger partial charge is 0.478 e. The van der Waals surface area contributed by atoms with Gasteiger partial charge in [-0.15, -0.1) is 24.8 Å². The number of aromatic carboxylic acids is 1. The average molecular weight is 280 g/mol. The first-order valence-electron chi connectivity index (χ1n) is 4.41. The molecule has 0 unspecified atom stereocenters. The summed E-state index contributed by atoms with van der Waals surface area (Å²) in [6.07, 6.45) is -4.95. The minimum atomic E-state index is -4.95. The molecule has 1 N–H and O–H groups in total. The van der Waals surface area contributed by atoms with E-state index in [9.17, 15) is 18.0 Å². The molecule has 0 bridgehead atoms. The third kappa shape index (κ3) is 3.05. The molecule has 0 saturated heterocycles. The number of nitrogens with zero attached hydrogens (tertiary/aromatic N) is 1. The molecule has 0 spiro atoms. The Morgan fingerprint density at radius 2 is 2.11 bits per heavy atom. The number of rotatable bonds is 3. The summed E-state index contributed by atoms with van der Waals surface area (Å²) in [6.45, 7) is 0. The zero-order valence-corrected chi connectivity index (χ0v) is 9.34. The van der Waals surface area contributed by atoms with Crippen molar-refractivity contribution in [1.82, 2.24) is 0 Å². The summed E-state index contributed by atoms with van der Waals surface area (Å²) in [5.74, 6) is -2.59. The normalized spacial score (nSPS) is 10.8. The fraction of sp³-hybridized carbons (Fsp3) is 0.200. The van der Waals surface area contributed by atoms with E-state index in [0.29, 0.717) is 0 Å². The molecular weight excluding hydrogens is 275 g/mol. The average Bonchev–Trinajstić information content (AvgIpc) is 2.25. The number of carbonyl (C=O) groups is 1. The summed E-state index contributed by atoms with van der Waals surface area (Å²) in [7, 11) is 0. The Labute approximate surface area is 104 Å². The van der Waals surface area contributed by atoms with Gasteiger partial charge in [0.05, 0.1) is 17.0 Å². The zero-order chi connectivity index (χ0) is 13.9. The predicted octanol–water partition coefficient (Wildman–Crippen LogP) is 2.89. The summed E-state index contributed by atoms with van der Waals surface area (Å²) in [5, 5.41) is 17.6. The molecule has 0 saturated carbocycles. The maximum atomic E-state index is 12.1. The minimum Gasteiger partial charge on any atom is -0.478 e. The first-order chi connectivity index (χ1) is 8.30. The zero-order valence-electron chi connectivity index (χ0n) is 8.58. The largest absolute Gasteiger partial charge is 0.573 e. The quantitative estimate of drug-likeness (QED) is 0.864. The maximum Gasteiger partial charge on any atom is 0.573 e. The number of benzene rings is 1. The Bertz CT molecular complexity index is 522. The van der Waals surface area contributed by atoms with Gasteiger partial charge < -0.3 is 9.84 Å². The van der Waals surface area contributed by atoms with Crippen LogP contribution in [-0.4, -0.2) is 17.4 Å². The number of alkyl halides is 4. The van der Waals surface area contributed by atoms with Crippen LogP contribution < -0.4 is 4.74 Å². The summed E-state index contributed by atoms with van der Waals surface area (Å²) in [4.78, 5) is 10.8. The van der Waals surface area contributed by atoms with Crippen LogP contribution in [-0.2, 0) is 5.88 Å². The van der Waals surface area contributed by atoms with Crippen molar-refractivity contribution in [3.63, 3.8) is 0 Å². The fourth-order valence-corrected chi connectivity index (χ4v) is 1.55. The lowest BCUT2D eigenvalue weighted by Gasteiger charge is -2.14. The summed E-state index contributed by atoms with van der Waals surface area (Å²) in [5.41, 5.74) is -1.18. The van der Waals surface area contributed by atoms with Crippen LogP contribution in [0.15, 0.2) is 12.1 Å². The SMILES string of the molecule is N#Cc1c(C(=O)O)ccc(OC(F)(F)F)c1CCl. The van der Waals surface area contributed by atoms with Crippen LogP contribution in [0.4, 0.5) is 13.2 Å². The van der Waals surface area contributed by atoms with Crippen LogP contribution >= 0.6 is 11.6 Å². The number of nitriles is 1. The van der Waals surface area contributed by atoms with Crippen molar-refractivity contribution in [2.45, 2.75) is 12.2 Å². The number of halogens is 4. The van der Waals surface area contributed by atoms with Gasteiger partial charge in [0.1, 0.15) is 11.8 Å². The van der Waals surface area contributed by atoms with Gasteiger partial charge in [-0.25, -0.2) is 4.79 Å². The van der Waals surface area contributed by atoms with E-state index >= 15 is 0 Å². The van der Waals surface area contributed by atoms with E-state index in [-0.39, 0.29) is 5.56 Å². The van der Waals surface area contributed by atoms with Gasteiger partial charge in [0.15, 0.2) is 0 Å². The lowest BCUT2D eigenvalue weighted by Crippen LogP contribution is -2.19. The van der Waals surface area contributed by atoms with Crippen molar-refractivity contribution in [3.05, 3.63) is 28.8 Å². The van der Waals surface area contributed by atoms with Crippen molar-refractivity contribution in [2.75, 3.05) is 0 Å². The van der Waals surface area contributed by atoms with E-state index in [4.69, 9.17) is 22.0 Å². The van der Waals surface area contributed by atoms with E-state index in [1.807, 2.05) is 0 Å². The molecule has 0 radical (unpaired) electrons. The van der Waals surface area contributed by atoms with Crippen molar-refractivity contribution < 1.29 is 27.8 Å². The van der Waals surface area contributed by atoms with Gasteiger partial charge in [-0.3, -0.25) is 0 Å². The highest BCUT2D eigenvalue weighted by molar-refractivity contribution is 6.17. The third-order valence-corrected chi connectivity index (χ3v) is 2.24.